The highest BCUT2D eigenvalue weighted by Crippen LogP contribution is 2.34. The lowest BCUT2D eigenvalue weighted by atomic mass is 9.81. The zero-order valence-corrected chi connectivity index (χ0v) is 19.1. The highest BCUT2D eigenvalue weighted by Gasteiger charge is 2.32. The highest BCUT2D eigenvalue weighted by atomic mass is 79.9. The molecular weight excluding hydrogens is 452 g/mol. The van der Waals surface area contributed by atoms with Crippen LogP contribution in [0.2, 0.25) is 0 Å². The molecule has 164 valence electrons. The van der Waals surface area contributed by atoms with Crippen LogP contribution in [0.25, 0.3) is 0 Å². The fourth-order valence-electron chi connectivity index (χ4n) is 4.41. The number of halogens is 3. The van der Waals surface area contributed by atoms with Gasteiger partial charge in [0.2, 0.25) is 5.82 Å². The minimum Gasteiger partial charge on any atom is -0.488 e. The van der Waals surface area contributed by atoms with Crippen LogP contribution in [0, 0.1) is 17.6 Å². The molecule has 2 aromatic rings. The summed E-state index contributed by atoms with van der Waals surface area (Å²) in [6.45, 7) is 4.56. The number of β-amino-alcohol motifs (C(OH)–C–C–N with tert-alkyl or cyclic N) is 1. The Labute approximate surface area is 186 Å². The Morgan fingerprint density at radius 2 is 1.73 bits per heavy atom. The molecular formula is C24H30BrF2NO2. The van der Waals surface area contributed by atoms with Crippen LogP contribution in [0.4, 0.5) is 8.78 Å². The molecule has 2 N–H and O–H groups in total. The van der Waals surface area contributed by atoms with Gasteiger partial charge in [0.25, 0.3) is 0 Å². The first-order valence-electron chi connectivity index (χ1n) is 10.6. The number of aliphatic hydroxyl groups is 1. The largest absolute Gasteiger partial charge is 0.488 e. The summed E-state index contributed by atoms with van der Waals surface area (Å²) in [6.07, 6.45) is 4.32. The predicted octanol–water partition coefficient (Wildman–Crippen LogP) is 5.42. The molecule has 0 amide bonds. The van der Waals surface area contributed by atoms with E-state index in [1.165, 1.54) is 23.3 Å². The molecule has 0 saturated heterocycles. The Morgan fingerprint density at radius 3 is 2.33 bits per heavy atom. The standard InChI is InChI=1S/C24H30BrF2NO2/c1-3-24(4-2,13-16-11-17-7-5-6-8-18(17)12-16)28-14-19(29)15-30-21-10-9-20(25)22(26)23(21)27/h5-10,16,19,28-29H,3-4,11-15H2,1-2H3/t19-/m1/s1. The molecule has 6 heteroatoms. The first-order chi connectivity index (χ1) is 14.4. The minimum absolute atomic E-state index is 0.0410. The first kappa shape index (κ1) is 23.2. The summed E-state index contributed by atoms with van der Waals surface area (Å²) >= 11 is 2.94. The summed E-state index contributed by atoms with van der Waals surface area (Å²) in [5.41, 5.74) is 2.82. The third kappa shape index (κ3) is 5.40. The third-order valence-corrected chi connectivity index (χ3v) is 6.92. The van der Waals surface area contributed by atoms with Crippen LogP contribution >= 0.6 is 15.9 Å². The number of aliphatic hydroxyl groups excluding tert-OH is 1. The molecule has 1 atom stereocenters. The number of hydrogen-bond donors (Lipinski definition) is 2. The fraction of sp³-hybridized carbons (Fsp3) is 0.500. The zero-order chi connectivity index (χ0) is 21.7. The van der Waals surface area contributed by atoms with Crippen LogP contribution in [-0.2, 0) is 12.8 Å². The quantitative estimate of drug-likeness (QED) is 0.445. The maximum Gasteiger partial charge on any atom is 0.201 e. The van der Waals surface area contributed by atoms with E-state index in [2.05, 4.69) is 59.4 Å². The lowest BCUT2D eigenvalue weighted by molar-refractivity contribution is 0.0889. The molecule has 1 aliphatic carbocycles. The topological polar surface area (TPSA) is 41.5 Å². The van der Waals surface area contributed by atoms with Gasteiger partial charge in [-0.2, -0.15) is 4.39 Å². The normalized spacial score (nSPS) is 15.3. The molecule has 1 aliphatic rings. The van der Waals surface area contributed by atoms with E-state index in [0.29, 0.717) is 12.5 Å². The van der Waals surface area contributed by atoms with Gasteiger partial charge in [0.1, 0.15) is 12.7 Å². The van der Waals surface area contributed by atoms with Crippen molar-refractivity contribution in [1.82, 2.24) is 5.32 Å². The van der Waals surface area contributed by atoms with Gasteiger partial charge < -0.3 is 15.2 Å². The molecule has 0 heterocycles. The van der Waals surface area contributed by atoms with Gasteiger partial charge in [0, 0.05) is 12.1 Å². The maximum absolute atomic E-state index is 13.9. The fourth-order valence-corrected chi connectivity index (χ4v) is 4.71. The summed E-state index contributed by atoms with van der Waals surface area (Å²) in [4.78, 5) is 0. The predicted molar refractivity (Wildman–Crippen MR) is 119 cm³/mol. The Balaban J connectivity index is 1.53. The molecule has 2 aromatic carbocycles. The van der Waals surface area contributed by atoms with E-state index in [1.54, 1.807) is 0 Å². The van der Waals surface area contributed by atoms with Crippen LogP contribution in [0.15, 0.2) is 40.9 Å². The number of hydrogen-bond acceptors (Lipinski definition) is 3. The number of nitrogens with one attached hydrogen (secondary N) is 1. The monoisotopic (exact) mass is 481 g/mol. The summed E-state index contributed by atoms with van der Waals surface area (Å²) in [5, 5.41) is 13.9. The molecule has 0 saturated carbocycles. The summed E-state index contributed by atoms with van der Waals surface area (Å²) in [7, 11) is 0. The minimum atomic E-state index is -1.05. The lowest BCUT2D eigenvalue weighted by Crippen LogP contribution is -2.49. The van der Waals surface area contributed by atoms with Crippen molar-refractivity contribution in [2.75, 3.05) is 13.2 Å². The van der Waals surface area contributed by atoms with E-state index < -0.39 is 17.7 Å². The van der Waals surface area contributed by atoms with E-state index in [0.717, 1.165) is 32.1 Å². The van der Waals surface area contributed by atoms with Crippen LogP contribution in [0.3, 0.4) is 0 Å². The van der Waals surface area contributed by atoms with Crippen molar-refractivity contribution in [2.24, 2.45) is 5.92 Å². The molecule has 0 aliphatic heterocycles. The second kappa shape index (κ2) is 10.2. The lowest BCUT2D eigenvalue weighted by Gasteiger charge is -2.36. The van der Waals surface area contributed by atoms with Gasteiger partial charge in [-0.1, -0.05) is 38.1 Å². The van der Waals surface area contributed by atoms with Gasteiger partial charge in [-0.05, 0) is 77.2 Å². The average molecular weight is 482 g/mol. The molecule has 0 aromatic heterocycles. The Kier molecular flexibility index (Phi) is 7.88. The van der Waals surface area contributed by atoms with Crippen LogP contribution < -0.4 is 10.1 Å². The van der Waals surface area contributed by atoms with Crippen molar-refractivity contribution in [1.29, 1.82) is 0 Å². The molecule has 30 heavy (non-hydrogen) atoms. The van der Waals surface area contributed by atoms with Crippen molar-refractivity contribution < 1.29 is 18.6 Å². The van der Waals surface area contributed by atoms with Crippen molar-refractivity contribution >= 4 is 15.9 Å². The average Bonchev–Trinajstić information content (AvgIpc) is 3.16. The molecule has 0 spiro atoms. The molecule has 0 unspecified atom stereocenters. The van der Waals surface area contributed by atoms with Crippen LogP contribution in [0.1, 0.15) is 44.2 Å². The van der Waals surface area contributed by atoms with Gasteiger partial charge >= 0.3 is 0 Å². The summed E-state index contributed by atoms with van der Waals surface area (Å²) < 4.78 is 32.9. The molecule has 3 rings (SSSR count). The van der Waals surface area contributed by atoms with Crippen molar-refractivity contribution in [3.8, 4) is 5.75 Å². The third-order valence-electron chi connectivity index (χ3n) is 6.31. The molecule has 0 bridgehead atoms. The maximum atomic E-state index is 13.9. The van der Waals surface area contributed by atoms with E-state index >= 15 is 0 Å². The van der Waals surface area contributed by atoms with Gasteiger partial charge in [-0.15, -0.1) is 0 Å². The van der Waals surface area contributed by atoms with Crippen LogP contribution in [0.5, 0.6) is 5.75 Å². The molecule has 0 fully saturated rings. The van der Waals surface area contributed by atoms with Crippen LogP contribution in [-0.4, -0.2) is 29.9 Å². The number of rotatable bonds is 10. The summed E-state index contributed by atoms with van der Waals surface area (Å²) in [6, 6.07) is 11.4. The number of ether oxygens (including phenoxy) is 1. The van der Waals surface area contributed by atoms with Crippen molar-refractivity contribution in [3.63, 3.8) is 0 Å². The SMILES string of the molecule is CCC(CC)(CC1Cc2ccccc2C1)NC[C@@H](O)COc1ccc(Br)c(F)c1F. The second-order valence-electron chi connectivity index (χ2n) is 8.25. The van der Waals surface area contributed by atoms with Crippen molar-refractivity contribution in [2.45, 2.75) is 57.6 Å². The second-order valence-corrected chi connectivity index (χ2v) is 9.11. The Morgan fingerprint density at radius 1 is 1.10 bits per heavy atom. The number of fused-ring (bicyclic) bond motifs is 1. The van der Waals surface area contributed by atoms with Gasteiger partial charge in [0.05, 0.1) is 4.47 Å². The zero-order valence-electron chi connectivity index (χ0n) is 17.6. The van der Waals surface area contributed by atoms with E-state index in [1.807, 2.05) is 0 Å². The van der Waals surface area contributed by atoms with Gasteiger partial charge in [-0.25, -0.2) is 4.39 Å². The van der Waals surface area contributed by atoms with E-state index in [9.17, 15) is 13.9 Å². The molecule has 3 nitrogen and oxygen atoms in total. The van der Waals surface area contributed by atoms with Gasteiger partial charge in [-0.3, -0.25) is 0 Å². The highest BCUT2D eigenvalue weighted by molar-refractivity contribution is 9.10. The van der Waals surface area contributed by atoms with Gasteiger partial charge in [0.15, 0.2) is 11.6 Å². The van der Waals surface area contributed by atoms with E-state index in [-0.39, 0.29) is 22.4 Å². The smallest absolute Gasteiger partial charge is 0.201 e. The summed E-state index contributed by atoms with van der Waals surface area (Å²) in [5.74, 6) is -1.66. The Bertz CT molecular complexity index is 832. The Hall–Kier alpha value is -1.50. The number of benzene rings is 2. The van der Waals surface area contributed by atoms with E-state index in [4.69, 9.17) is 4.74 Å². The van der Waals surface area contributed by atoms with Crippen molar-refractivity contribution in [3.05, 3.63) is 63.6 Å². The first-order valence-corrected chi connectivity index (χ1v) is 11.4. The molecule has 0 radical (unpaired) electrons.